The predicted molar refractivity (Wildman–Crippen MR) is 109 cm³/mol. The zero-order valence-corrected chi connectivity index (χ0v) is 16.8. The zero-order valence-electron chi connectivity index (χ0n) is 15.2. The average molecular weight is 418 g/mol. The number of piperazine rings is 1. The highest BCUT2D eigenvalue weighted by molar-refractivity contribution is 7.20. The Hall–Kier alpha value is -2.29. The Morgan fingerprint density at radius 3 is 2.61 bits per heavy atom. The fourth-order valence-corrected chi connectivity index (χ4v) is 4.67. The summed E-state index contributed by atoms with van der Waals surface area (Å²) in [5.41, 5.74) is 1.08. The van der Waals surface area contributed by atoms with E-state index >= 15 is 0 Å². The Labute approximate surface area is 171 Å². The fraction of sp³-hybridized carbons (Fsp3) is 0.300. The average Bonchev–Trinajstić information content (AvgIpc) is 3.40. The van der Waals surface area contributed by atoms with Crippen LogP contribution in [0.5, 0.6) is 5.75 Å². The number of hydrogen-bond donors (Lipinski definition) is 0. The van der Waals surface area contributed by atoms with Crippen LogP contribution in [-0.4, -0.2) is 53.5 Å². The molecule has 1 aliphatic heterocycles. The van der Waals surface area contributed by atoms with E-state index < -0.39 is 0 Å². The largest absolute Gasteiger partial charge is 0.484 e. The highest BCUT2D eigenvalue weighted by atomic mass is 32.1. The lowest BCUT2D eigenvalue weighted by Crippen LogP contribution is -2.49. The molecule has 0 saturated carbocycles. The molecule has 1 amide bonds. The molecule has 0 aliphatic carbocycles. The van der Waals surface area contributed by atoms with Crippen LogP contribution >= 0.6 is 22.7 Å². The molecule has 3 aromatic rings. The number of thiazole rings is 1. The third-order valence-corrected chi connectivity index (χ3v) is 6.50. The molecule has 8 heteroatoms. The first kappa shape index (κ1) is 19.0. The van der Waals surface area contributed by atoms with E-state index in [0.717, 1.165) is 30.3 Å². The van der Waals surface area contributed by atoms with Crippen molar-refractivity contribution in [2.24, 2.45) is 0 Å². The standard InChI is InChI=1S/C20H20FN3O2S2/c21-15-3-5-17(6-4-15)26-13-19(25)24-9-7-23(8-10-24)12-16-14-28-20(22-16)18-2-1-11-27-18/h1-6,11,14H,7-10,12-13H2. The van der Waals surface area contributed by atoms with Gasteiger partial charge in [-0.3, -0.25) is 9.69 Å². The fourth-order valence-electron chi connectivity index (χ4n) is 3.04. The Morgan fingerprint density at radius 2 is 1.89 bits per heavy atom. The molecule has 0 bridgehead atoms. The Morgan fingerprint density at radius 1 is 1.11 bits per heavy atom. The molecule has 0 spiro atoms. The second-order valence-corrected chi connectivity index (χ2v) is 8.33. The lowest BCUT2D eigenvalue weighted by Gasteiger charge is -2.34. The molecule has 0 atom stereocenters. The predicted octanol–water partition coefficient (Wildman–Crippen LogP) is 3.73. The van der Waals surface area contributed by atoms with Gasteiger partial charge in [-0.15, -0.1) is 22.7 Å². The van der Waals surface area contributed by atoms with Gasteiger partial charge in [-0.05, 0) is 35.7 Å². The van der Waals surface area contributed by atoms with Gasteiger partial charge in [0.2, 0.25) is 0 Å². The second-order valence-electron chi connectivity index (χ2n) is 6.52. The summed E-state index contributed by atoms with van der Waals surface area (Å²) in [6.45, 7) is 3.75. The van der Waals surface area contributed by atoms with Crippen LogP contribution in [0.3, 0.4) is 0 Å². The number of hydrogen-bond acceptors (Lipinski definition) is 6. The third-order valence-electron chi connectivity index (χ3n) is 4.57. The van der Waals surface area contributed by atoms with E-state index in [2.05, 4.69) is 21.7 Å². The summed E-state index contributed by atoms with van der Waals surface area (Å²) >= 11 is 3.38. The van der Waals surface area contributed by atoms with Crippen LogP contribution in [0.2, 0.25) is 0 Å². The summed E-state index contributed by atoms with van der Waals surface area (Å²) in [5.74, 6) is 0.133. The number of aromatic nitrogens is 1. The molecule has 146 valence electrons. The molecular weight excluding hydrogens is 397 g/mol. The summed E-state index contributed by atoms with van der Waals surface area (Å²) in [7, 11) is 0. The number of benzene rings is 1. The van der Waals surface area contributed by atoms with Gasteiger partial charge in [-0.2, -0.15) is 0 Å². The zero-order chi connectivity index (χ0) is 19.3. The van der Waals surface area contributed by atoms with Crippen LogP contribution in [0.15, 0.2) is 47.2 Å². The quantitative estimate of drug-likeness (QED) is 0.613. The van der Waals surface area contributed by atoms with Crippen LogP contribution in [0, 0.1) is 5.82 Å². The van der Waals surface area contributed by atoms with Gasteiger partial charge in [0.15, 0.2) is 6.61 Å². The number of amides is 1. The van der Waals surface area contributed by atoms with Crippen molar-refractivity contribution in [3.8, 4) is 15.6 Å². The van der Waals surface area contributed by atoms with Gasteiger partial charge >= 0.3 is 0 Å². The van der Waals surface area contributed by atoms with Crippen molar-refractivity contribution in [1.29, 1.82) is 0 Å². The molecule has 5 nitrogen and oxygen atoms in total. The van der Waals surface area contributed by atoms with Crippen molar-refractivity contribution < 1.29 is 13.9 Å². The smallest absolute Gasteiger partial charge is 0.260 e. The minimum Gasteiger partial charge on any atom is -0.484 e. The van der Waals surface area contributed by atoms with Crippen LogP contribution in [0.4, 0.5) is 4.39 Å². The molecule has 1 aliphatic rings. The van der Waals surface area contributed by atoms with E-state index in [0.29, 0.717) is 18.8 Å². The first-order valence-electron chi connectivity index (χ1n) is 9.04. The van der Waals surface area contributed by atoms with Crippen LogP contribution in [-0.2, 0) is 11.3 Å². The molecule has 0 radical (unpaired) electrons. The summed E-state index contributed by atoms with van der Waals surface area (Å²) in [4.78, 5) is 22.4. The van der Waals surface area contributed by atoms with E-state index in [1.807, 2.05) is 11.0 Å². The molecule has 1 aromatic carbocycles. The van der Waals surface area contributed by atoms with E-state index in [1.165, 1.54) is 29.1 Å². The maximum atomic E-state index is 12.9. The van der Waals surface area contributed by atoms with Gasteiger partial charge < -0.3 is 9.64 Å². The van der Waals surface area contributed by atoms with E-state index in [9.17, 15) is 9.18 Å². The molecule has 1 saturated heterocycles. The molecule has 1 fully saturated rings. The number of thiophene rings is 1. The Kier molecular flexibility index (Phi) is 5.99. The first-order chi connectivity index (χ1) is 13.7. The normalized spacial score (nSPS) is 15.0. The molecule has 28 heavy (non-hydrogen) atoms. The van der Waals surface area contributed by atoms with E-state index in [-0.39, 0.29) is 18.3 Å². The molecule has 4 rings (SSSR count). The highest BCUT2D eigenvalue weighted by Crippen LogP contribution is 2.28. The summed E-state index contributed by atoms with van der Waals surface area (Å²) < 4.78 is 18.4. The first-order valence-corrected chi connectivity index (χ1v) is 10.8. The minimum atomic E-state index is -0.322. The minimum absolute atomic E-state index is 0.0259. The highest BCUT2D eigenvalue weighted by Gasteiger charge is 2.22. The topological polar surface area (TPSA) is 45.7 Å². The maximum Gasteiger partial charge on any atom is 0.260 e. The molecule has 0 unspecified atom stereocenters. The SMILES string of the molecule is O=C(COc1ccc(F)cc1)N1CCN(Cc2csc(-c3cccs3)n2)CC1. The Bertz CT molecular complexity index is 904. The second kappa shape index (κ2) is 8.81. The summed E-state index contributed by atoms with van der Waals surface area (Å²) in [6, 6.07) is 9.82. The number of ether oxygens (including phenoxy) is 1. The van der Waals surface area contributed by atoms with Crippen molar-refractivity contribution in [2.45, 2.75) is 6.54 Å². The van der Waals surface area contributed by atoms with E-state index in [4.69, 9.17) is 9.72 Å². The van der Waals surface area contributed by atoms with Gasteiger partial charge in [0.25, 0.3) is 5.91 Å². The van der Waals surface area contributed by atoms with Crippen molar-refractivity contribution in [3.05, 3.63) is 58.7 Å². The number of carbonyl (C=O) groups excluding carboxylic acids is 1. The van der Waals surface area contributed by atoms with Gasteiger partial charge in [0, 0.05) is 38.1 Å². The lowest BCUT2D eigenvalue weighted by atomic mass is 10.3. The van der Waals surface area contributed by atoms with Crippen molar-refractivity contribution in [3.63, 3.8) is 0 Å². The van der Waals surface area contributed by atoms with Crippen LogP contribution in [0.1, 0.15) is 5.69 Å². The maximum absolute atomic E-state index is 12.9. The van der Waals surface area contributed by atoms with Gasteiger partial charge in [-0.25, -0.2) is 9.37 Å². The molecule has 2 aromatic heterocycles. The van der Waals surface area contributed by atoms with Gasteiger partial charge in [-0.1, -0.05) is 6.07 Å². The van der Waals surface area contributed by atoms with Gasteiger partial charge in [0.05, 0.1) is 10.6 Å². The summed E-state index contributed by atoms with van der Waals surface area (Å²) in [6.07, 6.45) is 0. The van der Waals surface area contributed by atoms with Crippen molar-refractivity contribution in [1.82, 2.24) is 14.8 Å². The third kappa shape index (κ3) is 4.76. The van der Waals surface area contributed by atoms with Crippen LogP contribution < -0.4 is 4.74 Å². The Balaban J connectivity index is 1.23. The summed E-state index contributed by atoms with van der Waals surface area (Å²) in [5, 5.41) is 5.24. The monoisotopic (exact) mass is 417 g/mol. The molecule has 0 N–H and O–H groups in total. The number of nitrogens with zero attached hydrogens (tertiary/aromatic N) is 3. The van der Waals surface area contributed by atoms with Gasteiger partial charge in [0.1, 0.15) is 16.6 Å². The number of rotatable bonds is 6. The van der Waals surface area contributed by atoms with Crippen molar-refractivity contribution in [2.75, 3.05) is 32.8 Å². The van der Waals surface area contributed by atoms with E-state index in [1.54, 1.807) is 22.7 Å². The van der Waals surface area contributed by atoms with Crippen LogP contribution in [0.25, 0.3) is 9.88 Å². The molecular formula is C20H20FN3O2S2. The lowest BCUT2D eigenvalue weighted by molar-refractivity contribution is -0.135. The number of carbonyl (C=O) groups is 1. The van der Waals surface area contributed by atoms with Crippen molar-refractivity contribution >= 4 is 28.6 Å². The molecule has 3 heterocycles. The number of halogens is 1.